The molecule has 0 aromatic carbocycles. The van der Waals surface area contributed by atoms with Gasteiger partial charge in [0, 0.05) is 25.8 Å². The van der Waals surface area contributed by atoms with Gasteiger partial charge in [-0.3, -0.25) is 0 Å². The Kier molecular flexibility index (Phi) is 5.06. The van der Waals surface area contributed by atoms with Gasteiger partial charge >= 0.3 is 0 Å². The third kappa shape index (κ3) is 4.03. The quantitative estimate of drug-likeness (QED) is 0.754. The summed E-state index contributed by atoms with van der Waals surface area (Å²) in [5.41, 5.74) is 0.806. The number of anilines is 1. The third-order valence-electron chi connectivity index (χ3n) is 2.71. The lowest BCUT2D eigenvalue weighted by Gasteiger charge is -2.03. The summed E-state index contributed by atoms with van der Waals surface area (Å²) in [7, 11) is 0. The highest BCUT2D eigenvalue weighted by atomic mass is 16.5. The summed E-state index contributed by atoms with van der Waals surface area (Å²) < 4.78 is 5.24. The molecule has 2 aromatic rings. The zero-order valence-corrected chi connectivity index (χ0v) is 11.8. The Bertz CT molecular complexity index is 522. The standard InChI is InChI=1S/C14H20N4O2/c1-10(2)8-13-17-14(20-18-13)11-4-5-12(16-9-11)15-6-3-7-19/h4-5,9-10,19H,3,6-8H2,1-2H3,(H,15,16). The minimum Gasteiger partial charge on any atom is -0.396 e. The SMILES string of the molecule is CC(C)Cc1noc(-c2ccc(NCCCO)nc2)n1. The van der Waals surface area contributed by atoms with Crippen LogP contribution in [-0.2, 0) is 6.42 Å². The molecule has 0 spiro atoms. The van der Waals surface area contributed by atoms with E-state index in [4.69, 9.17) is 9.63 Å². The predicted octanol–water partition coefficient (Wildman–Crippen LogP) is 2.12. The molecule has 0 unspecified atom stereocenters. The van der Waals surface area contributed by atoms with Crippen LogP contribution < -0.4 is 5.32 Å². The minimum atomic E-state index is 0.172. The topological polar surface area (TPSA) is 84.1 Å². The molecule has 0 aliphatic heterocycles. The summed E-state index contributed by atoms with van der Waals surface area (Å²) in [5.74, 6) is 2.48. The molecule has 2 aromatic heterocycles. The summed E-state index contributed by atoms with van der Waals surface area (Å²) in [6.07, 6.45) is 3.21. The number of rotatable bonds is 7. The van der Waals surface area contributed by atoms with Gasteiger partial charge in [-0.15, -0.1) is 0 Å². The zero-order chi connectivity index (χ0) is 14.4. The lowest BCUT2D eigenvalue weighted by atomic mass is 10.1. The van der Waals surface area contributed by atoms with E-state index in [0.29, 0.717) is 24.8 Å². The van der Waals surface area contributed by atoms with Crippen LogP contribution in [0.5, 0.6) is 0 Å². The second-order valence-corrected chi connectivity index (χ2v) is 5.05. The Balaban J connectivity index is 2.00. The highest BCUT2D eigenvalue weighted by molar-refractivity contribution is 5.54. The Morgan fingerprint density at radius 3 is 2.85 bits per heavy atom. The van der Waals surface area contributed by atoms with Crippen LogP contribution >= 0.6 is 0 Å². The molecule has 2 rings (SSSR count). The molecule has 0 aliphatic rings. The Morgan fingerprint density at radius 1 is 1.35 bits per heavy atom. The summed E-state index contributed by atoms with van der Waals surface area (Å²) in [4.78, 5) is 8.63. The fourth-order valence-electron chi connectivity index (χ4n) is 1.74. The fraction of sp³-hybridized carbons (Fsp3) is 0.500. The van der Waals surface area contributed by atoms with Crippen molar-refractivity contribution < 1.29 is 9.63 Å². The number of hydrogen-bond donors (Lipinski definition) is 2. The molecule has 0 atom stereocenters. The Hall–Kier alpha value is -1.95. The maximum absolute atomic E-state index is 8.71. The molecule has 0 saturated carbocycles. The van der Waals surface area contributed by atoms with Crippen molar-refractivity contribution >= 4 is 5.82 Å². The number of aliphatic hydroxyl groups is 1. The Morgan fingerprint density at radius 2 is 2.20 bits per heavy atom. The van der Waals surface area contributed by atoms with E-state index in [9.17, 15) is 0 Å². The van der Waals surface area contributed by atoms with Crippen molar-refractivity contribution in [3.05, 3.63) is 24.2 Å². The highest BCUT2D eigenvalue weighted by Crippen LogP contribution is 2.18. The van der Waals surface area contributed by atoms with Gasteiger partial charge < -0.3 is 14.9 Å². The van der Waals surface area contributed by atoms with Crippen LogP contribution in [0.25, 0.3) is 11.5 Å². The zero-order valence-electron chi connectivity index (χ0n) is 11.8. The second kappa shape index (κ2) is 7.00. The summed E-state index contributed by atoms with van der Waals surface area (Å²) >= 11 is 0. The van der Waals surface area contributed by atoms with Crippen molar-refractivity contribution in [3.63, 3.8) is 0 Å². The average molecular weight is 276 g/mol. The Labute approximate surface area is 118 Å². The molecule has 2 heterocycles. The largest absolute Gasteiger partial charge is 0.396 e. The molecule has 2 N–H and O–H groups in total. The summed E-state index contributed by atoms with van der Waals surface area (Å²) in [6.45, 7) is 5.10. The van der Waals surface area contributed by atoms with Gasteiger partial charge in [0.05, 0.1) is 5.56 Å². The normalized spacial score (nSPS) is 11.0. The van der Waals surface area contributed by atoms with Crippen LogP contribution in [0.3, 0.4) is 0 Å². The summed E-state index contributed by atoms with van der Waals surface area (Å²) in [6, 6.07) is 3.75. The van der Waals surface area contributed by atoms with Gasteiger partial charge in [0.25, 0.3) is 5.89 Å². The predicted molar refractivity (Wildman–Crippen MR) is 76.3 cm³/mol. The molecule has 0 bridgehead atoms. The van der Waals surface area contributed by atoms with Gasteiger partial charge in [0.1, 0.15) is 5.82 Å². The van der Waals surface area contributed by atoms with E-state index in [0.717, 1.165) is 23.6 Å². The molecule has 0 fully saturated rings. The number of pyridine rings is 1. The van der Waals surface area contributed by atoms with Crippen molar-refractivity contribution in [3.8, 4) is 11.5 Å². The van der Waals surface area contributed by atoms with E-state index in [1.54, 1.807) is 6.20 Å². The fourth-order valence-corrected chi connectivity index (χ4v) is 1.74. The maximum atomic E-state index is 8.71. The first-order valence-electron chi connectivity index (χ1n) is 6.82. The second-order valence-electron chi connectivity index (χ2n) is 5.05. The van der Waals surface area contributed by atoms with Crippen molar-refractivity contribution in [2.24, 2.45) is 5.92 Å². The van der Waals surface area contributed by atoms with E-state index >= 15 is 0 Å². The smallest absolute Gasteiger partial charge is 0.259 e. The number of nitrogens with one attached hydrogen (secondary N) is 1. The van der Waals surface area contributed by atoms with E-state index < -0.39 is 0 Å². The lowest BCUT2D eigenvalue weighted by molar-refractivity contribution is 0.292. The number of aliphatic hydroxyl groups excluding tert-OH is 1. The first-order chi connectivity index (χ1) is 9.69. The molecule has 108 valence electrons. The molecule has 0 aliphatic carbocycles. The van der Waals surface area contributed by atoms with Gasteiger partial charge in [-0.05, 0) is 24.5 Å². The molecule has 0 radical (unpaired) electrons. The molecule has 6 heteroatoms. The van der Waals surface area contributed by atoms with Crippen molar-refractivity contribution in [1.29, 1.82) is 0 Å². The molecule has 0 amide bonds. The molecule has 20 heavy (non-hydrogen) atoms. The van der Waals surface area contributed by atoms with Crippen LogP contribution in [0.1, 0.15) is 26.1 Å². The first-order valence-corrected chi connectivity index (χ1v) is 6.82. The van der Waals surface area contributed by atoms with Crippen LogP contribution in [0, 0.1) is 5.92 Å². The van der Waals surface area contributed by atoms with E-state index in [1.165, 1.54) is 0 Å². The highest BCUT2D eigenvalue weighted by Gasteiger charge is 2.10. The summed E-state index contributed by atoms with van der Waals surface area (Å²) in [5, 5.41) is 15.8. The minimum absolute atomic E-state index is 0.172. The molecule has 0 saturated heterocycles. The van der Waals surface area contributed by atoms with Crippen LogP contribution in [0.2, 0.25) is 0 Å². The van der Waals surface area contributed by atoms with E-state index in [1.807, 2.05) is 12.1 Å². The van der Waals surface area contributed by atoms with Crippen LogP contribution in [0.15, 0.2) is 22.9 Å². The van der Waals surface area contributed by atoms with Crippen LogP contribution in [-0.4, -0.2) is 33.4 Å². The van der Waals surface area contributed by atoms with E-state index in [2.05, 4.69) is 34.3 Å². The number of hydrogen-bond acceptors (Lipinski definition) is 6. The number of aromatic nitrogens is 3. The lowest BCUT2D eigenvalue weighted by Crippen LogP contribution is -2.04. The maximum Gasteiger partial charge on any atom is 0.259 e. The molecular formula is C14H20N4O2. The van der Waals surface area contributed by atoms with Gasteiger partial charge in [0.2, 0.25) is 0 Å². The van der Waals surface area contributed by atoms with Crippen LogP contribution in [0.4, 0.5) is 5.82 Å². The monoisotopic (exact) mass is 276 g/mol. The molecular weight excluding hydrogens is 256 g/mol. The molecule has 6 nitrogen and oxygen atoms in total. The van der Waals surface area contributed by atoms with Gasteiger partial charge in [-0.25, -0.2) is 4.98 Å². The van der Waals surface area contributed by atoms with Crippen molar-refractivity contribution in [2.45, 2.75) is 26.7 Å². The van der Waals surface area contributed by atoms with Crippen molar-refractivity contribution in [2.75, 3.05) is 18.5 Å². The van der Waals surface area contributed by atoms with Gasteiger partial charge in [-0.1, -0.05) is 19.0 Å². The van der Waals surface area contributed by atoms with Crippen molar-refractivity contribution in [1.82, 2.24) is 15.1 Å². The van der Waals surface area contributed by atoms with Gasteiger partial charge in [0.15, 0.2) is 5.82 Å². The average Bonchev–Trinajstić information content (AvgIpc) is 2.87. The first kappa shape index (κ1) is 14.5. The number of nitrogens with zero attached hydrogens (tertiary/aromatic N) is 3. The van der Waals surface area contributed by atoms with E-state index in [-0.39, 0.29) is 6.61 Å². The third-order valence-corrected chi connectivity index (χ3v) is 2.71. The van der Waals surface area contributed by atoms with Gasteiger partial charge in [-0.2, -0.15) is 4.98 Å².